The van der Waals surface area contributed by atoms with Crippen LogP contribution in [-0.4, -0.2) is 93.6 Å². The van der Waals surface area contributed by atoms with Gasteiger partial charge in [-0.05, 0) is 25.8 Å². The summed E-state index contributed by atoms with van der Waals surface area (Å²) in [6.45, 7) is 0.615. The fourth-order valence-corrected chi connectivity index (χ4v) is 6.33. The molecule has 252 valence electrons. The number of phenols is 2. The lowest BCUT2D eigenvalue weighted by Crippen LogP contribution is -2.53. The molecule has 2 aliphatic carbocycles. The number of methoxy groups -OCH3 is 1. The number of aliphatic carboxylic acids is 1. The molecule has 2 aromatic carbocycles. The zero-order valence-electron chi connectivity index (χ0n) is 25.5. The highest BCUT2D eigenvalue weighted by Crippen LogP contribution is 2.52. The van der Waals surface area contributed by atoms with Crippen molar-refractivity contribution < 1.29 is 68.5 Å². The lowest BCUT2D eigenvalue weighted by Gasteiger charge is -2.42. The number of esters is 1. The van der Waals surface area contributed by atoms with Gasteiger partial charge in [0.2, 0.25) is 11.6 Å². The summed E-state index contributed by atoms with van der Waals surface area (Å²) in [4.78, 5) is 63.6. The Labute approximate surface area is 267 Å². The maximum Gasteiger partial charge on any atom is 0.306 e. The fraction of sp³-hybridized carbons (Fsp3) is 0.469. The normalized spacial score (nSPS) is 26.5. The van der Waals surface area contributed by atoms with E-state index >= 15 is 0 Å². The van der Waals surface area contributed by atoms with Crippen molar-refractivity contribution >= 4 is 29.3 Å². The van der Waals surface area contributed by atoms with E-state index in [1.165, 1.54) is 25.3 Å². The molecule has 15 heteroatoms. The lowest BCUT2D eigenvalue weighted by molar-refractivity contribution is -0.305. The lowest BCUT2D eigenvalue weighted by atomic mass is 9.72. The number of aliphatic hydroxyl groups excluding tert-OH is 1. The quantitative estimate of drug-likeness (QED) is 0.136. The number of nitrogens with two attached hydrogens (primary N) is 1. The SMILES string of the molecule is COc1cccc2c1C(=O)c1c(O)c3c(c(O)c1C2=O)C[C@@](O)(C(=O)COC(=O)CCCC(=O)[O-])CC3OC1CC(N)C(O)C(C)O1. The number of phenolic OH excluding ortho intramolecular Hbond substituents is 2. The highest BCUT2D eigenvalue weighted by molar-refractivity contribution is 6.31. The van der Waals surface area contributed by atoms with E-state index in [0.29, 0.717) is 0 Å². The summed E-state index contributed by atoms with van der Waals surface area (Å²) >= 11 is 0. The Morgan fingerprint density at radius 1 is 1.09 bits per heavy atom. The minimum atomic E-state index is -2.40. The van der Waals surface area contributed by atoms with Gasteiger partial charge in [0, 0.05) is 54.4 Å². The maximum atomic E-state index is 13.8. The van der Waals surface area contributed by atoms with Crippen LogP contribution < -0.4 is 15.6 Å². The molecule has 1 aliphatic heterocycles. The van der Waals surface area contributed by atoms with E-state index in [0.717, 1.165) is 0 Å². The Kier molecular flexibility index (Phi) is 9.39. The van der Waals surface area contributed by atoms with Gasteiger partial charge in [0.05, 0.1) is 42.1 Å². The summed E-state index contributed by atoms with van der Waals surface area (Å²) in [6, 6.07) is 3.48. The predicted octanol–water partition coefficient (Wildman–Crippen LogP) is -0.528. The molecule has 15 nitrogen and oxygen atoms in total. The van der Waals surface area contributed by atoms with Gasteiger partial charge in [-0.3, -0.25) is 19.2 Å². The van der Waals surface area contributed by atoms with Gasteiger partial charge in [0.25, 0.3) is 0 Å². The van der Waals surface area contributed by atoms with E-state index in [2.05, 4.69) is 0 Å². The van der Waals surface area contributed by atoms with E-state index < -0.39 is 114 Å². The summed E-state index contributed by atoms with van der Waals surface area (Å²) in [6.07, 6.45) is -6.57. The molecule has 1 saturated heterocycles. The molecular weight excluding hydrogens is 622 g/mol. The van der Waals surface area contributed by atoms with Crippen molar-refractivity contribution in [1.29, 1.82) is 0 Å². The summed E-state index contributed by atoms with van der Waals surface area (Å²) < 4.78 is 22.1. The molecule has 0 saturated carbocycles. The highest BCUT2D eigenvalue weighted by Gasteiger charge is 2.50. The second-order valence-corrected chi connectivity index (χ2v) is 11.9. The Morgan fingerprint density at radius 3 is 2.45 bits per heavy atom. The number of ketones is 3. The molecule has 6 atom stereocenters. The molecule has 0 spiro atoms. The molecule has 3 aliphatic rings. The second kappa shape index (κ2) is 13.0. The number of carboxylic acids is 1. The monoisotopic (exact) mass is 656 g/mol. The third-order valence-corrected chi connectivity index (χ3v) is 8.79. The minimum Gasteiger partial charge on any atom is -0.550 e. The number of fused-ring (bicyclic) bond motifs is 3. The Hall–Kier alpha value is -4.41. The van der Waals surface area contributed by atoms with Gasteiger partial charge in [0.15, 0.2) is 18.7 Å². The number of carboxylic acid groups (broad SMARTS) is 1. The van der Waals surface area contributed by atoms with E-state index in [1.807, 2.05) is 0 Å². The number of aliphatic hydroxyl groups is 2. The number of ether oxygens (including phenoxy) is 4. The van der Waals surface area contributed by atoms with Gasteiger partial charge in [-0.1, -0.05) is 12.1 Å². The van der Waals surface area contributed by atoms with Crippen LogP contribution in [0.1, 0.15) is 88.1 Å². The zero-order chi connectivity index (χ0) is 34.4. The van der Waals surface area contributed by atoms with Crippen LogP contribution in [0, 0.1) is 0 Å². The molecule has 5 rings (SSSR count). The topological polar surface area (TPSA) is 252 Å². The number of hydrogen-bond donors (Lipinski definition) is 5. The first-order valence-electron chi connectivity index (χ1n) is 14.9. The van der Waals surface area contributed by atoms with Crippen molar-refractivity contribution in [3.05, 3.63) is 51.6 Å². The molecule has 1 heterocycles. The first kappa shape index (κ1) is 33.9. The van der Waals surface area contributed by atoms with Gasteiger partial charge in [-0.25, -0.2) is 0 Å². The summed E-state index contributed by atoms with van der Waals surface area (Å²) in [7, 11) is 1.30. The number of aromatic hydroxyl groups is 2. The van der Waals surface area contributed by atoms with Crippen LogP contribution in [0.15, 0.2) is 18.2 Å². The maximum absolute atomic E-state index is 13.8. The van der Waals surface area contributed by atoms with E-state index in [4.69, 9.17) is 24.7 Å². The number of Topliss-reactive ketones (excluding diaryl/α,β-unsaturated/α-hetero) is 1. The van der Waals surface area contributed by atoms with Crippen LogP contribution in [0.25, 0.3) is 0 Å². The van der Waals surface area contributed by atoms with Crippen LogP contribution in [0.3, 0.4) is 0 Å². The molecular formula is C32H34NO14-. The first-order valence-corrected chi connectivity index (χ1v) is 14.9. The molecule has 2 aromatic rings. The molecule has 0 bridgehead atoms. The first-order chi connectivity index (χ1) is 22.2. The number of benzene rings is 2. The van der Waals surface area contributed by atoms with Crippen molar-refractivity contribution in [3.63, 3.8) is 0 Å². The van der Waals surface area contributed by atoms with Crippen LogP contribution in [-0.2, 0) is 35.0 Å². The standard InChI is InChI=1S/C32H35NO14/c1-13-27(38)16(33)9-22(46-13)47-18-11-32(43,19(34)12-45-21(37)8-4-7-20(35)36)10-15-24(18)31(42)26-25(29(15)40)28(39)14-5-3-6-17(44-2)23(14)30(26)41/h3,5-6,13,16,18,22,27,38,40,42-43H,4,7-12,33H2,1-2H3,(H,35,36)/p-1/t13?,16?,18?,22?,27?,32-/m0/s1. The van der Waals surface area contributed by atoms with Crippen molar-refractivity contribution in [2.75, 3.05) is 13.7 Å². The van der Waals surface area contributed by atoms with E-state index in [-0.39, 0.29) is 47.3 Å². The van der Waals surface area contributed by atoms with Gasteiger partial charge >= 0.3 is 5.97 Å². The number of hydrogen-bond acceptors (Lipinski definition) is 15. The van der Waals surface area contributed by atoms with Crippen molar-refractivity contribution in [1.82, 2.24) is 0 Å². The molecule has 0 amide bonds. The number of rotatable bonds is 10. The molecule has 5 unspecified atom stereocenters. The smallest absolute Gasteiger partial charge is 0.306 e. The summed E-state index contributed by atoms with van der Waals surface area (Å²) in [5, 5.41) is 55.7. The van der Waals surface area contributed by atoms with Crippen molar-refractivity contribution in [2.24, 2.45) is 5.73 Å². The fourth-order valence-electron chi connectivity index (χ4n) is 6.33. The average Bonchev–Trinajstić information content (AvgIpc) is 3.02. The Balaban J connectivity index is 1.55. The third-order valence-electron chi connectivity index (χ3n) is 8.79. The molecule has 0 aromatic heterocycles. The molecule has 1 fully saturated rings. The van der Waals surface area contributed by atoms with Crippen LogP contribution in [0.4, 0.5) is 0 Å². The number of carbonyl (C=O) groups excluding carboxylic acids is 5. The molecule has 0 radical (unpaired) electrons. The van der Waals surface area contributed by atoms with Gasteiger partial charge in [-0.15, -0.1) is 0 Å². The number of carbonyl (C=O) groups is 5. The summed E-state index contributed by atoms with van der Waals surface area (Å²) in [5.41, 5.74) is 1.89. The third kappa shape index (κ3) is 6.19. The summed E-state index contributed by atoms with van der Waals surface area (Å²) in [5.74, 6) is -6.38. The largest absolute Gasteiger partial charge is 0.550 e. The average molecular weight is 657 g/mol. The Morgan fingerprint density at radius 2 is 1.79 bits per heavy atom. The highest BCUT2D eigenvalue weighted by atomic mass is 16.7. The Bertz CT molecular complexity index is 1640. The minimum absolute atomic E-state index is 0.0487. The van der Waals surface area contributed by atoms with Crippen molar-refractivity contribution in [2.45, 2.75) is 81.7 Å². The van der Waals surface area contributed by atoms with Crippen LogP contribution in [0.5, 0.6) is 17.2 Å². The van der Waals surface area contributed by atoms with Crippen LogP contribution >= 0.6 is 0 Å². The molecule has 47 heavy (non-hydrogen) atoms. The van der Waals surface area contributed by atoms with E-state index in [1.54, 1.807) is 6.92 Å². The van der Waals surface area contributed by atoms with Gasteiger partial charge < -0.3 is 55.0 Å². The van der Waals surface area contributed by atoms with Gasteiger partial charge in [0.1, 0.15) is 22.8 Å². The van der Waals surface area contributed by atoms with E-state index in [9.17, 15) is 49.5 Å². The molecule has 6 N–H and O–H groups in total. The van der Waals surface area contributed by atoms with Gasteiger partial charge in [-0.2, -0.15) is 0 Å². The predicted molar refractivity (Wildman–Crippen MR) is 154 cm³/mol. The van der Waals surface area contributed by atoms with Crippen molar-refractivity contribution in [3.8, 4) is 17.2 Å². The van der Waals surface area contributed by atoms with Crippen LogP contribution in [0.2, 0.25) is 0 Å². The second-order valence-electron chi connectivity index (χ2n) is 11.9. The zero-order valence-corrected chi connectivity index (χ0v) is 25.5.